The smallest absolute Gasteiger partial charge is 0.267 e. The number of carbonyl (C=O) groups excluding carboxylic acids is 1. The number of hydrogen-bond donors (Lipinski definition) is 1. The van der Waals surface area contributed by atoms with Crippen molar-refractivity contribution in [1.82, 2.24) is 5.43 Å². The second kappa shape index (κ2) is 6.87. The topological polar surface area (TPSA) is 84.6 Å². The van der Waals surface area contributed by atoms with Gasteiger partial charge in [0.2, 0.25) is 0 Å². The van der Waals surface area contributed by atoms with Crippen LogP contribution in [-0.4, -0.2) is 16.5 Å². The maximum absolute atomic E-state index is 12.0. The molecule has 1 N–H and O–H groups in total. The lowest BCUT2D eigenvalue weighted by Crippen LogP contribution is -2.19. The lowest BCUT2D eigenvalue weighted by atomic mass is 10.2. The van der Waals surface area contributed by atoms with Gasteiger partial charge in [-0.25, -0.2) is 5.43 Å². The van der Waals surface area contributed by atoms with Gasteiger partial charge in [0, 0.05) is 12.1 Å². The van der Waals surface area contributed by atoms with E-state index in [0.717, 1.165) is 10.9 Å². The molecular formula is C13H9Cl2N3O3S. The molecule has 9 heteroatoms. The van der Waals surface area contributed by atoms with Crippen LogP contribution in [0.3, 0.4) is 0 Å². The Labute approximate surface area is 139 Å². The molecule has 1 aromatic heterocycles. The second-order valence-corrected chi connectivity index (χ2v) is 6.29. The minimum absolute atomic E-state index is 0.0151. The van der Waals surface area contributed by atoms with Crippen molar-refractivity contribution in [3.63, 3.8) is 0 Å². The Morgan fingerprint density at radius 2 is 2.05 bits per heavy atom. The maximum atomic E-state index is 12.0. The fourth-order valence-corrected chi connectivity index (χ4v) is 2.81. The number of carbonyl (C=O) groups is 1. The Morgan fingerprint density at radius 1 is 1.32 bits per heavy atom. The summed E-state index contributed by atoms with van der Waals surface area (Å²) >= 11 is 13.0. The Morgan fingerprint density at radius 3 is 2.59 bits per heavy atom. The number of rotatable bonds is 4. The summed E-state index contributed by atoms with van der Waals surface area (Å²) in [6.45, 7) is 1.72. The van der Waals surface area contributed by atoms with E-state index in [-0.39, 0.29) is 16.3 Å². The first-order valence-electron chi connectivity index (χ1n) is 5.93. The van der Waals surface area contributed by atoms with E-state index in [0.29, 0.717) is 10.0 Å². The van der Waals surface area contributed by atoms with E-state index in [1.165, 1.54) is 23.5 Å². The van der Waals surface area contributed by atoms with Crippen LogP contribution in [0, 0.1) is 10.1 Å². The monoisotopic (exact) mass is 357 g/mol. The minimum atomic E-state index is -0.587. The van der Waals surface area contributed by atoms with Gasteiger partial charge in [-0.05, 0) is 25.1 Å². The summed E-state index contributed by atoms with van der Waals surface area (Å²) in [4.78, 5) is 22.8. The number of non-ortho nitro benzene ring substituents is 1. The van der Waals surface area contributed by atoms with Crippen LogP contribution in [0.15, 0.2) is 35.4 Å². The standard InChI is InChI=1S/C13H9Cl2N3O3S/c1-7(11-4-5-12(15)22-11)16-17-13(19)9-3-2-8(18(20)21)6-10(9)14/h2-6H,1H3,(H,17,19)/b16-7-. The Hall–Kier alpha value is -1.96. The number of hydrazone groups is 1. The molecule has 0 unspecified atom stereocenters. The summed E-state index contributed by atoms with van der Waals surface area (Å²) in [6, 6.07) is 7.12. The zero-order valence-corrected chi connectivity index (χ0v) is 13.5. The summed E-state index contributed by atoms with van der Waals surface area (Å²) in [5.74, 6) is -0.554. The molecule has 0 atom stereocenters. The van der Waals surface area contributed by atoms with Crippen molar-refractivity contribution in [2.45, 2.75) is 6.92 Å². The average Bonchev–Trinajstić information content (AvgIpc) is 2.90. The summed E-state index contributed by atoms with van der Waals surface area (Å²) in [7, 11) is 0. The number of nitrogens with one attached hydrogen (secondary N) is 1. The third-order valence-corrected chi connectivity index (χ3v) is 4.32. The molecule has 1 heterocycles. The highest BCUT2D eigenvalue weighted by Gasteiger charge is 2.14. The lowest BCUT2D eigenvalue weighted by Gasteiger charge is -2.03. The highest BCUT2D eigenvalue weighted by Crippen LogP contribution is 2.23. The fourth-order valence-electron chi connectivity index (χ4n) is 1.56. The quantitative estimate of drug-likeness (QED) is 0.507. The van der Waals surface area contributed by atoms with Crippen LogP contribution in [0.25, 0.3) is 0 Å². The predicted octanol–water partition coefficient (Wildman–Crippen LogP) is 4.12. The SMILES string of the molecule is C/C(=N/NC(=O)c1ccc([N+](=O)[O-])cc1Cl)c1ccc(Cl)s1. The third kappa shape index (κ3) is 3.82. The molecule has 0 aliphatic carbocycles. The van der Waals surface area contributed by atoms with Crippen molar-refractivity contribution in [2.24, 2.45) is 5.10 Å². The van der Waals surface area contributed by atoms with Gasteiger partial charge >= 0.3 is 0 Å². The predicted molar refractivity (Wildman–Crippen MR) is 87.1 cm³/mol. The highest BCUT2D eigenvalue weighted by atomic mass is 35.5. The van der Waals surface area contributed by atoms with Crippen molar-refractivity contribution in [2.75, 3.05) is 0 Å². The average molecular weight is 358 g/mol. The molecule has 22 heavy (non-hydrogen) atoms. The van der Waals surface area contributed by atoms with Gasteiger partial charge in [0.05, 0.1) is 30.4 Å². The van der Waals surface area contributed by atoms with Crippen LogP contribution in [0.2, 0.25) is 9.36 Å². The van der Waals surface area contributed by atoms with E-state index in [1.807, 2.05) is 0 Å². The van der Waals surface area contributed by atoms with Crippen LogP contribution >= 0.6 is 34.5 Å². The molecule has 2 aromatic rings. The molecule has 2 rings (SSSR count). The maximum Gasteiger partial charge on any atom is 0.272 e. The van der Waals surface area contributed by atoms with E-state index in [1.54, 1.807) is 19.1 Å². The molecule has 0 spiro atoms. The minimum Gasteiger partial charge on any atom is -0.267 e. The zero-order chi connectivity index (χ0) is 16.3. The van der Waals surface area contributed by atoms with E-state index in [4.69, 9.17) is 23.2 Å². The highest BCUT2D eigenvalue weighted by molar-refractivity contribution is 7.18. The molecule has 0 aliphatic heterocycles. The molecule has 1 aromatic carbocycles. The summed E-state index contributed by atoms with van der Waals surface area (Å²) in [6.07, 6.45) is 0. The summed E-state index contributed by atoms with van der Waals surface area (Å²) < 4.78 is 0.620. The Balaban J connectivity index is 2.14. The van der Waals surface area contributed by atoms with Gasteiger partial charge in [0.25, 0.3) is 11.6 Å². The molecule has 1 amide bonds. The Bertz CT molecular complexity index is 774. The number of nitro benzene ring substituents is 1. The van der Waals surface area contributed by atoms with Gasteiger partial charge in [-0.3, -0.25) is 14.9 Å². The van der Waals surface area contributed by atoms with E-state index < -0.39 is 10.8 Å². The zero-order valence-electron chi connectivity index (χ0n) is 11.2. The summed E-state index contributed by atoms with van der Waals surface area (Å²) in [5, 5.41) is 14.6. The number of nitrogens with zero attached hydrogens (tertiary/aromatic N) is 2. The van der Waals surface area contributed by atoms with E-state index in [2.05, 4.69) is 10.5 Å². The largest absolute Gasteiger partial charge is 0.272 e. The van der Waals surface area contributed by atoms with Gasteiger partial charge in [0.1, 0.15) is 0 Å². The number of nitro groups is 1. The number of thiophene rings is 1. The molecule has 0 radical (unpaired) electrons. The second-order valence-electron chi connectivity index (χ2n) is 4.16. The number of amides is 1. The number of hydrogen-bond acceptors (Lipinski definition) is 5. The van der Waals surface area contributed by atoms with Crippen molar-refractivity contribution in [1.29, 1.82) is 0 Å². The molecular weight excluding hydrogens is 349 g/mol. The van der Waals surface area contributed by atoms with Crippen molar-refractivity contribution >= 4 is 51.8 Å². The van der Waals surface area contributed by atoms with Crippen molar-refractivity contribution < 1.29 is 9.72 Å². The van der Waals surface area contributed by atoms with Gasteiger partial charge in [-0.2, -0.15) is 5.10 Å². The van der Waals surface area contributed by atoms with Crippen molar-refractivity contribution in [3.8, 4) is 0 Å². The first kappa shape index (κ1) is 16.4. The molecule has 0 bridgehead atoms. The van der Waals surface area contributed by atoms with Crippen LogP contribution in [0.5, 0.6) is 0 Å². The molecule has 114 valence electrons. The molecule has 0 aliphatic rings. The first-order chi connectivity index (χ1) is 10.4. The number of halogens is 2. The fraction of sp³-hybridized carbons (Fsp3) is 0.0769. The summed E-state index contributed by atoms with van der Waals surface area (Å²) in [5.41, 5.74) is 2.86. The lowest BCUT2D eigenvalue weighted by molar-refractivity contribution is -0.384. The first-order valence-corrected chi connectivity index (χ1v) is 7.50. The van der Waals surface area contributed by atoms with Crippen LogP contribution < -0.4 is 5.43 Å². The Kier molecular flexibility index (Phi) is 5.12. The number of benzene rings is 1. The van der Waals surface area contributed by atoms with Crippen LogP contribution in [0.1, 0.15) is 22.2 Å². The normalized spacial score (nSPS) is 11.3. The van der Waals surface area contributed by atoms with E-state index in [9.17, 15) is 14.9 Å². The third-order valence-electron chi connectivity index (χ3n) is 2.66. The molecule has 0 saturated heterocycles. The van der Waals surface area contributed by atoms with Crippen molar-refractivity contribution in [3.05, 3.63) is 60.2 Å². The van der Waals surface area contributed by atoms with E-state index >= 15 is 0 Å². The van der Waals surface area contributed by atoms with Gasteiger partial charge in [-0.1, -0.05) is 23.2 Å². The van der Waals surface area contributed by atoms with Crippen LogP contribution in [-0.2, 0) is 0 Å². The van der Waals surface area contributed by atoms with Gasteiger partial charge in [-0.15, -0.1) is 11.3 Å². The molecule has 0 saturated carbocycles. The van der Waals surface area contributed by atoms with Crippen LogP contribution in [0.4, 0.5) is 5.69 Å². The van der Waals surface area contributed by atoms with Gasteiger partial charge in [0.15, 0.2) is 0 Å². The molecule has 0 fully saturated rings. The molecule has 6 nitrogen and oxygen atoms in total. The van der Waals surface area contributed by atoms with Gasteiger partial charge < -0.3 is 0 Å².